The highest BCUT2D eigenvalue weighted by molar-refractivity contribution is 5.90. The second-order valence-corrected chi connectivity index (χ2v) is 7.72. The summed E-state index contributed by atoms with van der Waals surface area (Å²) >= 11 is 0. The minimum Gasteiger partial charge on any atom is -0.459 e. The Morgan fingerprint density at radius 1 is 0.657 bits per heavy atom. The highest BCUT2D eigenvalue weighted by Gasteiger charge is 2.50. The van der Waals surface area contributed by atoms with Gasteiger partial charge in [-0.15, -0.1) is 0 Å². The third-order valence-corrected chi connectivity index (χ3v) is 5.39. The lowest BCUT2D eigenvalue weighted by Crippen LogP contribution is -2.42. The average Bonchev–Trinajstić information content (AvgIpc) is 3.24. The predicted molar refractivity (Wildman–Crippen MR) is 124 cm³/mol. The van der Waals surface area contributed by atoms with Crippen LogP contribution in [0, 0.1) is 0 Å². The van der Waals surface area contributed by atoms with Crippen LogP contribution in [-0.2, 0) is 23.7 Å². The minimum atomic E-state index is -1.10. The molecule has 0 aliphatic carbocycles. The quantitative estimate of drug-likeness (QED) is 0.359. The Labute approximate surface area is 202 Å². The Kier molecular flexibility index (Phi) is 7.87. The van der Waals surface area contributed by atoms with E-state index < -0.39 is 42.5 Å². The van der Waals surface area contributed by atoms with Crippen molar-refractivity contribution in [2.75, 3.05) is 13.7 Å². The lowest BCUT2D eigenvalue weighted by atomic mass is 10.1. The molecule has 0 amide bonds. The number of methoxy groups -OCH3 is 1. The van der Waals surface area contributed by atoms with Crippen molar-refractivity contribution >= 4 is 17.9 Å². The smallest absolute Gasteiger partial charge is 0.338 e. The molecule has 0 bridgehead atoms. The van der Waals surface area contributed by atoms with Crippen LogP contribution in [0.2, 0.25) is 0 Å². The summed E-state index contributed by atoms with van der Waals surface area (Å²) in [6.07, 6.45) is -4.17. The molecule has 1 fully saturated rings. The van der Waals surface area contributed by atoms with Gasteiger partial charge in [0.1, 0.15) is 12.7 Å². The zero-order valence-corrected chi connectivity index (χ0v) is 18.9. The van der Waals surface area contributed by atoms with Crippen molar-refractivity contribution in [3.63, 3.8) is 0 Å². The summed E-state index contributed by atoms with van der Waals surface area (Å²) < 4.78 is 28.0. The molecule has 4 rings (SSSR count). The molecule has 8 heteroatoms. The number of carbonyl (C=O) groups excluding carboxylic acids is 3. The molecule has 0 saturated carbocycles. The molecule has 0 spiro atoms. The molecule has 4 atom stereocenters. The first kappa shape index (κ1) is 24.1. The molecular weight excluding hydrogens is 452 g/mol. The lowest BCUT2D eigenvalue weighted by Gasteiger charge is -2.24. The highest BCUT2D eigenvalue weighted by Crippen LogP contribution is 2.29. The highest BCUT2D eigenvalue weighted by atomic mass is 16.7. The second-order valence-electron chi connectivity index (χ2n) is 7.72. The fourth-order valence-electron chi connectivity index (χ4n) is 3.63. The molecule has 1 aliphatic rings. The monoisotopic (exact) mass is 476 g/mol. The van der Waals surface area contributed by atoms with Gasteiger partial charge in [0.2, 0.25) is 0 Å². The Balaban J connectivity index is 1.54. The molecule has 8 nitrogen and oxygen atoms in total. The summed E-state index contributed by atoms with van der Waals surface area (Å²) in [7, 11) is 1.38. The van der Waals surface area contributed by atoms with Gasteiger partial charge in [0.05, 0.1) is 16.7 Å². The number of hydrogen-bond acceptors (Lipinski definition) is 8. The summed E-state index contributed by atoms with van der Waals surface area (Å²) in [6, 6.07) is 25.2. The fraction of sp³-hybridized carbons (Fsp3) is 0.222. The van der Waals surface area contributed by atoms with Crippen LogP contribution in [0.5, 0.6) is 0 Å². The third-order valence-electron chi connectivity index (χ3n) is 5.39. The average molecular weight is 476 g/mol. The number of benzene rings is 3. The van der Waals surface area contributed by atoms with Gasteiger partial charge in [-0.3, -0.25) is 0 Å². The molecule has 1 heterocycles. The van der Waals surface area contributed by atoms with E-state index in [-0.39, 0.29) is 6.61 Å². The van der Waals surface area contributed by atoms with Gasteiger partial charge in [-0.2, -0.15) is 0 Å². The Morgan fingerprint density at radius 2 is 1.09 bits per heavy atom. The number of rotatable bonds is 8. The number of hydrogen-bond donors (Lipinski definition) is 0. The van der Waals surface area contributed by atoms with Crippen LogP contribution in [0.15, 0.2) is 91.0 Å². The normalized spacial score (nSPS) is 21.2. The zero-order chi connectivity index (χ0) is 24.6. The van der Waals surface area contributed by atoms with Crippen molar-refractivity contribution in [1.82, 2.24) is 0 Å². The third kappa shape index (κ3) is 5.92. The maximum Gasteiger partial charge on any atom is 0.338 e. The summed E-state index contributed by atoms with van der Waals surface area (Å²) in [5, 5.41) is 0. The number of ether oxygens (including phenoxy) is 5. The molecule has 3 aromatic rings. The standard InChI is InChI=1S/C27H24O8/c1-31-27-23(35-26(30)20-15-9-4-10-16-20)22(34-25(29)19-13-7-3-8-14-19)21(33-27)17-32-24(28)18-11-5-2-6-12-18/h2-16,21-23,27H,17H2,1H3/t21-,22+,23+,27?/m0/s1. The zero-order valence-electron chi connectivity index (χ0n) is 18.9. The van der Waals surface area contributed by atoms with E-state index in [9.17, 15) is 14.4 Å². The van der Waals surface area contributed by atoms with Gasteiger partial charge in [0.15, 0.2) is 18.5 Å². The predicted octanol–water partition coefficient (Wildman–Crippen LogP) is 3.67. The second kappa shape index (κ2) is 11.4. The van der Waals surface area contributed by atoms with Crippen LogP contribution >= 0.6 is 0 Å². The van der Waals surface area contributed by atoms with E-state index in [1.54, 1.807) is 91.0 Å². The van der Waals surface area contributed by atoms with Gasteiger partial charge < -0.3 is 23.7 Å². The molecule has 0 N–H and O–H groups in total. The maximum atomic E-state index is 12.8. The summed E-state index contributed by atoms with van der Waals surface area (Å²) in [6.45, 7) is -0.250. The van der Waals surface area contributed by atoms with E-state index in [0.717, 1.165) is 0 Å². The minimum absolute atomic E-state index is 0.250. The first-order valence-corrected chi connectivity index (χ1v) is 11.0. The van der Waals surface area contributed by atoms with Crippen LogP contribution in [0.3, 0.4) is 0 Å². The van der Waals surface area contributed by atoms with Crippen molar-refractivity contribution in [2.45, 2.75) is 24.6 Å². The van der Waals surface area contributed by atoms with E-state index in [1.165, 1.54) is 7.11 Å². The molecule has 1 saturated heterocycles. The number of esters is 3. The van der Waals surface area contributed by atoms with Crippen LogP contribution in [0.25, 0.3) is 0 Å². The van der Waals surface area contributed by atoms with Crippen molar-refractivity contribution in [3.05, 3.63) is 108 Å². The van der Waals surface area contributed by atoms with Crippen molar-refractivity contribution in [1.29, 1.82) is 0 Å². The topological polar surface area (TPSA) is 97.4 Å². The van der Waals surface area contributed by atoms with Gasteiger partial charge in [0, 0.05) is 7.11 Å². The van der Waals surface area contributed by atoms with Gasteiger partial charge in [0.25, 0.3) is 0 Å². The van der Waals surface area contributed by atoms with E-state index in [4.69, 9.17) is 23.7 Å². The Hall–Kier alpha value is -4.01. The van der Waals surface area contributed by atoms with Crippen molar-refractivity contribution in [2.24, 2.45) is 0 Å². The maximum absolute atomic E-state index is 12.8. The molecule has 1 aliphatic heterocycles. The van der Waals surface area contributed by atoms with E-state index in [2.05, 4.69) is 0 Å². The Bertz CT molecular complexity index is 1130. The first-order chi connectivity index (χ1) is 17.1. The van der Waals surface area contributed by atoms with E-state index >= 15 is 0 Å². The lowest BCUT2D eigenvalue weighted by molar-refractivity contribution is -0.155. The Morgan fingerprint density at radius 3 is 1.54 bits per heavy atom. The molecule has 3 aromatic carbocycles. The molecule has 1 unspecified atom stereocenters. The van der Waals surface area contributed by atoms with Crippen molar-refractivity contribution < 1.29 is 38.1 Å². The summed E-state index contributed by atoms with van der Waals surface area (Å²) in [5.74, 6) is -1.85. The summed E-state index contributed by atoms with van der Waals surface area (Å²) in [5.41, 5.74) is 0.981. The number of carbonyl (C=O) groups is 3. The molecule has 0 radical (unpaired) electrons. The van der Waals surface area contributed by atoms with Crippen LogP contribution in [0.4, 0.5) is 0 Å². The van der Waals surface area contributed by atoms with Gasteiger partial charge in [-0.05, 0) is 36.4 Å². The van der Waals surface area contributed by atoms with Crippen molar-refractivity contribution in [3.8, 4) is 0 Å². The van der Waals surface area contributed by atoms with E-state index in [1.807, 2.05) is 0 Å². The summed E-state index contributed by atoms with van der Waals surface area (Å²) in [4.78, 5) is 38.0. The van der Waals surface area contributed by atoms with Crippen LogP contribution in [0.1, 0.15) is 31.1 Å². The van der Waals surface area contributed by atoms with Crippen LogP contribution < -0.4 is 0 Å². The van der Waals surface area contributed by atoms with Gasteiger partial charge >= 0.3 is 17.9 Å². The van der Waals surface area contributed by atoms with Crippen LogP contribution in [-0.4, -0.2) is 56.2 Å². The van der Waals surface area contributed by atoms with E-state index in [0.29, 0.717) is 16.7 Å². The largest absolute Gasteiger partial charge is 0.459 e. The fourth-order valence-corrected chi connectivity index (χ4v) is 3.63. The molecule has 0 aromatic heterocycles. The molecule has 180 valence electrons. The molecule has 35 heavy (non-hydrogen) atoms. The SMILES string of the molecule is COC1O[C@@H](COC(=O)c2ccccc2)[C@@H](OC(=O)c2ccccc2)[C@H]1OC(=O)c1ccccc1. The first-order valence-electron chi connectivity index (χ1n) is 11.0. The van der Waals surface area contributed by atoms with Gasteiger partial charge in [-0.1, -0.05) is 54.6 Å². The van der Waals surface area contributed by atoms with Gasteiger partial charge in [-0.25, -0.2) is 14.4 Å². The molecular formula is C27H24O8.